The lowest BCUT2D eigenvalue weighted by Gasteiger charge is -2.20. The van der Waals surface area contributed by atoms with Gasteiger partial charge in [0.2, 0.25) is 17.8 Å². The fourth-order valence-corrected chi connectivity index (χ4v) is 1.32. The average Bonchev–Trinajstić information content (AvgIpc) is 2.22. The number of nitrogens with two attached hydrogens (primary N) is 2. The zero-order valence-corrected chi connectivity index (χ0v) is 9.56. The van der Waals surface area contributed by atoms with E-state index in [9.17, 15) is 0 Å². The van der Waals surface area contributed by atoms with Gasteiger partial charge in [-0.15, -0.1) is 6.58 Å². The van der Waals surface area contributed by atoms with E-state index in [2.05, 4.69) is 28.5 Å². The van der Waals surface area contributed by atoms with Crippen LogP contribution in [0.2, 0.25) is 0 Å². The van der Waals surface area contributed by atoms with E-state index in [0.29, 0.717) is 12.5 Å². The van der Waals surface area contributed by atoms with Crippen molar-refractivity contribution in [1.82, 2.24) is 15.0 Å². The number of nitrogens with zero attached hydrogens (tertiary/aromatic N) is 4. The Morgan fingerprint density at radius 1 is 1.25 bits per heavy atom. The van der Waals surface area contributed by atoms with Gasteiger partial charge in [0, 0.05) is 13.1 Å². The summed E-state index contributed by atoms with van der Waals surface area (Å²) in [4.78, 5) is 13.8. The van der Waals surface area contributed by atoms with Gasteiger partial charge >= 0.3 is 0 Å². The Labute approximate surface area is 95.4 Å². The molecule has 1 rings (SSSR count). The van der Waals surface area contributed by atoms with Crippen molar-refractivity contribution in [3.63, 3.8) is 0 Å². The summed E-state index contributed by atoms with van der Waals surface area (Å²) < 4.78 is 0. The molecule has 0 radical (unpaired) electrons. The maximum absolute atomic E-state index is 5.53. The monoisotopic (exact) mass is 222 g/mol. The van der Waals surface area contributed by atoms with E-state index in [4.69, 9.17) is 11.5 Å². The SMILES string of the molecule is C=CCN(CCCC)c1nc(N)nc(N)n1. The number of unbranched alkanes of at least 4 members (excludes halogenated alkanes) is 1. The molecule has 1 aromatic heterocycles. The third kappa shape index (κ3) is 3.38. The summed E-state index contributed by atoms with van der Waals surface area (Å²) in [7, 11) is 0. The first-order valence-corrected chi connectivity index (χ1v) is 5.30. The normalized spacial score (nSPS) is 10.1. The molecule has 0 spiro atoms. The molecule has 1 aromatic rings. The predicted octanol–water partition coefficient (Wildman–Crippen LogP) is 0.829. The highest BCUT2D eigenvalue weighted by molar-refractivity contribution is 5.40. The molecule has 0 aliphatic rings. The molecule has 6 nitrogen and oxygen atoms in total. The molecule has 0 aromatic carbocycles. The van der Waals surface area contributed by atoms with Crippen LogP contribution in [-0.4, -0.2) is 28.0 Å². The highest BCUT2D eigenvalue weighted by Gasteiger charge is 2.09. The van der Waals surface area contributed by atoms with Gasteiger partial charge in [0.1, 0.15) is 0 Å². The van der Waals surface area contributed by atoms with Crippen LogP contribution in [0.3, 0.4) is 0 Å². The number of rotatable bonds is 6. The lowest BCUT2D eigenvalue weighted by atomic mass is 10.3. The smallest absolute Gasteiger partial charge is 0.232 e. The van der Waals surface area contributed by atoms with Gasteiger partial charge in [0.05, 0.1) is 0 Å². The molecule has 88 valence electrons. The second-order valence-corrected chi connectivity index (χ2v) is 3.44. The molecule has 0 bridgehead atoms. The molecule has 0 aliphatic carbocycles. The van der Waals surface area contributed by atoms with E-state index in [0.717, 1.165) is 19.4 Å². The molecular formula is C10H18N6. The molecule has 0 saturated carbocycles. The minimum absolute atomic E-state index is 0.146. The van der Waals surface area contributed by atoms with Crippen molar-refractivity contribution in [2.45, 2.75) is 19.8 Å². The van der Waals surface area contributed by atoms with Crippen LogP contribution in [0.15, 0.2) is 12.7 Å². The molecule has 0 aliphatic heterocycles. The summed E-state index contributed by atoms with van der Waals surface area (Å²) in [5.41, 5.74) is 11.1. The van der Waals surface area contributed by atoms with Gasteiger partial charge in [0.15, 0.2) is 0 Å². The fourth-order valence-electron chi connectivity index (χ4n) is 1.32. The molecular weight excluding hydrogens is 204 g/mol. The van der Waals surface area contributed by atoms with Gasteiger partial charge in [-0.2, -0.15) is 15.0 Å². The van der Waals surface area contributed by atoms with E-state index in [-0.39, 0.29) is 11.9 Å². The minimum atomic E-state index is 0.146. The van der Waals surface area contributed by atoms with Gasteiger partial charge < -0.3 is 16.4 Å². The molecule has 0 unspecified atom stereocenters. The van der Waals surface area contributed by atoms with Crippen molar-refractivity contribution >= 4 is 17.8 Å². The predicted molar refractivity (Wildman–Crippen MR) is 66.0 cm³/mol. The van der Waals surface area contributed by atoms with Crippen LogP contribution >= 0.6 is 0 Å². The lowest BCUT2D eigenvalue weighted by Crippen LogP contribution is -2.27. The number of anilines is 3. The van der Waals surface area contributed by atoms with Crippen LogP contribution in [0.25, 0.3) is 0 Å². The second-order valence-electron chi connectivity index (χ2n) is 3.44. The first-order chi connectivity index (χ1) is 7.67. The standard InChI is InChI=1S/C10H18N6/c1-3-5-7-16(6-4-2)10-14-8(11)13-9(12)15-10/h4H,2-3,5-7H2,1H3,(H4,11,12,13,14,15). The fraction of sp³-hybridized carbons (Fsp3) is 0.500. The highest BCUT2D eigenvalue weighted by atomic mass is 15.3. The highest BCUT2D eigenvalue weighted by Crippen LogP contribution is 2.11. The Bertz CT molecular complexity index is 331. The summed E-state index contributed by atoms with van der Waals surface area (Å²) in [6.45, 7) is 7.35. The van der Waals surface area contributed by atoms with Crippen molar-refractivity contribution < 1.29 is 0 Å². The number of hydrogen-bond donors (Lipinski definition) is 2. The summed E-state index contributed by atoms with van der Waals surface area (Å²) in [6, 6.07) is 0. The van der Waals surface area contributed by atoms with Gasteiger partial charge in [-0.1, -0.05) is 19.4 Å². The number of hydrogen-bond acceptors (Lipinski definition) is 6. The van der Waals surface area contributed by atoms with Gasteiger partial charge in [0.25, 0.3) is 0 Å². The van der Waals surface area contributed by atoms with E-state index in [1.54, 1.807) is 6.08 Å². The molecule has 4 N–H and O–H groups in total. The molecule has 1 heterocycles. The first kappa shape index (κ1) is 12.2. The molecule has 0 fully saturated rings. The topological polar surface area (TPSA) is 94.0 Å². The Hall–Kier alpha value is -1.85. The van der Waals surface area contributed by atoms with Crippen molar-refractivity contribution in [3.05, 3.63) is 12.7 Å². The van der Waals surface area contributed by atoms with Crippen LogP contribution in [0.1, 0.15) is 19.8 Å². The van der Waals surface area contributed by atoms with Crippen LogP contribution in [-0.2, 0) is 0 Å². The maximum atomic E-state index is 5.53. The van der Waals surface area contributed by atoms with Crippen LogP contribution in [0, 0.1) is 0 Å². The van der Waals surface area contributed by atoms with Crippen LogP contribution < -0.4 is 16.4 Å². The zero-order chi connectivity index (χ0) is 12.0. The third-order valence-corrected chi connectivity index (χ3v) is 2.07. The van der Waals surface area contributed by atoms with Crippen molar-refractivity contribution in [2.75, 3.05) is 29.5 Å². The maximum Gasteiger partial charge on any atom is 0.232 e. The second kappa shape index (κ2) is 5.89. The average molecular weight is 222 g/mol. The number of nitrogen functional groups attached to an aromatic ring is 2. The first-order valence-electron chi connectivity index (χ1n) is 5.30. The molecule has 16 heavy (non-hydrogen) atoms. The Morgan fingerprint density at radius 2 is 1.88 bits per heavy atom. The van der Waals surface area contributed by atoms with Crippen molar-refractivity contribution in [1.29, 1.82) is 0 Å². The summed E-state index contributed by atoms with van der Waals surface area (Å²) in [5, 5.41) is 0. The largest absolute Gasteiger partial charge is 0.368 e. The van der Waals surface area contributed by atoms with E-state index >= 15 is 0 Å². The summed E-state index contributed by atoms with van der Waals surface area (Å²) in [5.74, 6) is 0.805. The summed E-state index contributed by atoms with van der Waals surface area (Å²) in [6.07, 6.45) is 3.95. The van der Waals surface area contributed by atoms with Gasteiger partial charge in [-0.05, 0) is 6.42 Å². The molecule has 6 heteroatoms. The number of aromatic nitrogens is 3. The van der Waals surface area contributed by atoms with Crippen LogP contribution in [0.4, 0.5) is 17.8 Å². The molecule has 0 atom stereocenters. The molecule has 0 amide bonds. The molecule has 0 saturated heterocycles. The van der Waals surface area contributed by atoms with E-state index in [1.165, 1.54) is 0 Å². The zero-order valence-electron chi connectivity index (χ0n) is 9.56. The van der Waals surface area contributed by atoms with E-state index < -0.39 is 0 Å². The van der Waals surface area contributed by atoms with Gasteiger partial charge in [-0.25, -0.2) is 0 Å². The Morgan fingerprint density at radius 3 is 2.38 bits per heavy atom. The van der Waals surface area contributed by atoms with Crippen molar-refractivity contribution in [2.24, 2.45) is 0 Å². The Kier molecular flexibility index (Phi) is 4.50. The van der Waals surface area contributed by atoms with Crippen molar-refractivity contribution in [3.8, 4) is 0 Å². The Balaban J connectivity index is 2.86. The quantitative estimate of drug-likeness (QED) is 0.692. The van der Waals surface area contributed by atoms with Gasteiger partial charge in [-0.3, -0.25) is 0 Å². The third-order valence-electron chi connectivity index (χ3n) is 2.07. The minimum Gasteiger partial charge on any atom is -0.368 e. The summed E-state index contributed by atoms with van der Waals surface area (Å²) >= 11 is 0. The van der Waals surface area contributed by atoms with Crippen LogP contribution in [0.5, 0.6) is 0 Å². The lowest BCUT2D eigenvalue weighted by molar-refractivity contribution is 0.727. The van der Waals surface area contributed by atoms with E-state index in [1.807, 2.05) is 4.90 Å².